The maximum Gasteiger partial charge on any atom is 0.433 e. The molecule has 0 bridgehead atoms. The zero-order valence-corrected chi connectivity index (χ0v) is 18.9. The first-order chi connectivity index (χ1) is 16.2. The van der Waals surface area contributed by atoms with Crippen molar-refractivity contribution in [2.45, 2.75) is 32.7 Å². The minimum atomic E-state index is -4.59. The first-order valence-electron chi connectivity index (χ1n) is 10.3. The standard InChI is InChI=1S/C23H20ClF3N6O/c1-13(2)34-21-4-3-14(5-18(21)24)20-12-29-17(11-30-20)10-28-16-6-19(15-8-31-32-9-15)33-22(7-16)23(25,26)27/h3-9,11-13H,10H2,1-2H3,(H,28,33)(H,31,32). The van der Waals surface area contributed by atoms with E-state index in [0.717, 1.165) is 11.6 Å². The summed E-state index contributed by atoms with van der Waals surface area (Å²) in [5.41, 5.74) is 1.75. The average molecular weight is 489 g/mol. The first kappa shape index (κ1) is 23.5. The molecule has 0 aliphatic rings. The van der Waals surface area contributed by atoms with Crippen LogP contribution in [0.15, 0.2) is 55.1 Å². The molecule has 0 unspecified atom stereocenters. The van der Waals surface area contributed by atoms with Crippen LogP contribution in [0.2, 0.25) is 5.02 Å². The number of H-pyrrole nitrogens is 1. The molecule has 0 aliphatic carbocycles. The molecule has 3 aromatic heterocycles. The fourth-order valence-electron chi connectivity index (χ4n) is 3.11. The van der Waals surface area contributed by atoms with Crippen LogP contribution in [0.4, 0.5) is 18.9 Å². The highest BCUT2D eigenvalue weighted by molar-refractivity contribution is 6.32. The van der Waals surface area contributed by atoms with Crippen LogP contribution in [0.1, 0.15) is 25.2 Å². The Morgan fingerprint density at radius 1 is 1.03 bits per heavy atom. The molecule has 0 fully saturated rings. The molecule has 4 aromatic rings. The molecule has 176 valence electrons. The average Bonchev–Trinajstić information content (AvgIpc) is 3.33. The first-order valence-corrected chi connectivity index (χ1v) is 10.7. The molecule has 34 heavy (non-hydrogen) atoms. The lowest BCUT2D eigenvalue weighted by atomic mass is 10.1. The van der Waals surface area contributed by atoms with E-state index < -0.39 is 11.9 Å². The Bertz CT molecular complexity index is 1260. The molecule has 1 aromatic carbocycles. The van der Waals surface area contributed by atoms with Crippen LogP contribution in [0.25, 0.3) is 22.5 Å². The molecule has 0 spiro atoms. The van der Waals surface area contributed by atoms with Crippen LogP contribution >= 0.6 is 11.6 Å². The molecule has 3 heterocycles. The minimum Gasteiger partial charge on any atom is -0.489 e. The van der Waals surface area contributed by atoms with E-state index in [2.05, 4.69) is 30.5 Å². The van der Waals surface area contributed by atoms with Gasteiger partial charge in [-0.2, -0.15) is 18.3 Å². The van der Waals surface area contributed by atoms with E-state index in [1.807, 2.05) is 19.9 Å². The van der Waals surface area contributed by atoms with E-state index in [1.165, 1.54) is 18.5 Å². The van der Waals surface area contributed by atoms with E-state index in [1.54, 1.807) is 24.5 Å². The normalized spacial score (nSPS) is 11.6. The van der Waals surface area contributed by atoms with Gasteiger partial charge in [0, 0.05) is 23.0 Å². The van der Waals surface area contributed by atoms with Crippen molar-refractivity contribution >= 4 is 17.3 Å². The summed E-state index contributed by atoms with van der Waals surface area (Å²) in [5.74, 6) is 0.583. The number of nitrogens with zero attached hydrogens (tertiary/aromatic N) is 4. The van der Waals surface area contributed by atoms with Gasteiger partial charge in [-0.15, -0.1) is 0 Å². The van der Waals surface area contributed by atoms with Crippen LogP contribution in [-0.4, -0.2) is 31.3 Å². The number of alkyl halides is 3. The lowest BCUT2D eigenvalue weighted by Gasteiger charge is -2.13. The number of ether oxygens (including phenoxy) is 1. The minimum absolute atomic E-state index is 0.00158. The summed E-state index contributed by atoms with van der Waals surface area (Å²) in [5, 5.41) is 9.76. The van der Waals surface area contributed by atoms with Gasteiger partial charge in [0.05, 0.1) is 53.3 Å². The van der Waals surface area contributed by atoms with Crippen molar-refractivity contribution in [3.05, 3.63) is 71.5 Å². The van der Waals surface area contributed by atoms with Gasteiger partial charge in [0.25, 0.3) is 0 Å². The van der Waals surface area contributed by atoms with Gasteiger partial charge in [-0.1, -0.05) is 11.6 Å². The van der Waals surface area contributed by atoms with Gasteiger partial charge in [-0.05, 0) is 44.2 Å². The number of rotatable bonds is 7. The summed E-state index contributed by atoms with van der Waals surface area (Å²) < 4.78 is 45.6. The number of anilines is 1. The van der Waals surface area contributed by atoms with E-state index in [-0.39, 0.29) is 24.0 Å². The molecule has 7 nitrogen and oxygen atoms in total. The largest absolute Gasteiger partial charge is 0.489 e. The topological polar surface area (TPSA) is 88.6 Å². The van der Waals surface area contributed by atoms with Crippen molar-refractivity contribution in [3.8, 4) is 28.3 Å². The predicted molar refractivity (Wildman–Crippen MR) is 122 cm³/mol. The Kier molecular flexibility index (Phi) is 6.69. The van der Waals surface area contributed by atoms with Crippen LogP contribution in [-0.2, 0) is 12.7 Å². The van der Waals surface area contributed by atoms with Gasteiger partial charge in [0.1, 0.15) is 11.4 Å². The summed E-state index contributed by atoms with van der Waals surface area (Å²) in [4.78, 5) is 12.5. The number of aromatic amines is 1. The molecule has 0 saturated carbocycles. The molecule has 2 N–H and O–H groups in total. The number of hydrogen-bond acceptors (Lipinski definition) is 6. The highest BCUT2D eigenvalue weighted by atomic mass is 35.5. The lowest BCUT2D eigenvalue weighted by molar-refractivity contribution is -0.141. The number of aromatic nitrogens is 5. The molecule has 0 radical (unpaired) electrons. The Labute approximate surface area is 198 Å². The lowest BCUT2D eigenvalue weighted by Crippen LogP contribution is -2.10. The number of benzene rings is 1. The number of hydrogen-bond donors (Lipinski definition) is 2. The number of pyridine rings is 1. The smallest absolute Gasteiger partial charge is 0.433 e. The second kappa shape index (κ2) is 9.68. The fraction of sp³-hybridized carbons (Fsp3) is 0.217. The quantitative estimate of drug-likeness (QED) is 0.331. The summed E-state index contributed by atoms with van der Waals surface area (Å²) >= 11 is 6.29. The van der Waals surface area contributed by atoms with Crippen LogP contribution in [0.3, 0.4) is 0 Å². The molecule has 0 saturated heterocycles. The van der Waals surface area contributed by atoms with Crippen molar-refractivity contribution in [1.82, 2.24) is 25.1 Å². The predicted octanol–water partition coefficient (Wildman–Crippen LogP) is 6.00. The van der Waals surface area contributed by atoms with Gasteiger partial charge < -0.3 is 10.1 Å². The van der Waals surface area contributed by atoms with Gasteiger partial charge in [-0.3, -0.25) is 15.1 Å². The third kappa shape index (κ3) is 5.63. The van der Waals surface area contributed by atoms with E-state index in [9.17, 15) is 13.2 Å². The SMILES string of the molecule is CC(C)Oc1ccc(-c2cnc(CNc3cc(-c4cn[nH]c4)nc(C(F)(F)F)c3)cn2)cc1Cl. The van der Waals surface area contributed by atoms with Crippen molar-refractivity contribution < 1.29 is 17.9 Å². The highest BCUT2D eigenvalue weighted by Crippen LogP contribution is 2.32. The molecule has 0 aliphatic heterocycles. The molecular formula is C23H20ClF3N6O. The Morgan fingerprint density at radius 3 is 2.47 bits per heavy atom. The van der Waals surface area contributed by atoms with Crippen LogP contribution in [0.5, 0.6) is 5.75 Å². The second-order valence-electron chi connectivity index (χ2n) is 7.67. The molecule has 0 amide bonds. The van der Waals surface area contributed by atoms with Gasteiger partial charge in [-0.25, -0.2) is 4.98 Å². The maximum absolute atomic E-state index is 13.3. The van der Waals surface area contributed by atoms with Crippen molar-refractivity contribution in [2.24, 2.45) is 0 Å². The second-order valence-corrected chi connectivity index (χ2v) is 8.08. The number of nitrogens with one attached hydrogen (secondary N) is 2. The molecular weight excluding hydrogens is 469 g/mol. The summed E-state index contributed by atoms with van der Waals surface area (Å²) in [7, 11) is 0. The molecule has 0 atom stereocenters. The van der Waals surface area contributed by atoms with Gasteiger partial charge >= 0.3 is 6.18 Å². The summed E-state index contributed by atoms with van der Waals surface area (Å²) in [6.45, 7) is 3.99. The van der Waals surface area contributed by atoms with E-state index >= 15 is 0 Å². The summed E-state index contributed by atoms with van der Waals surface area (Å²) in [6.07, 6.45) is 1.43. The van der Waals surface area contributed by atoms with Crippen molar-refractivity contribution in [1.29, 1.82) is 0 Å². The zero-order chi connectivity index (χ0) is 24.3. The molecule has 4 rings (SSSR count). The Hall–Kier alpha value is -3.66. The fourth-order valence-corrected chi connectivity index (χ4v) is 3.34. The van der Waals surface area contributed by atoms with Crippen LogP contribution in [0, 0.1) is 0 Å². The monoisotopic (exact) mass is 488 g/mol. The number of halogens is 4. The third-order valence-electron chi connectivity index (χ3n) is 4.68. The van der Waals surface area contributed by atoms with Gasteiger partial charge in [0.15, 0.2) is 0 Å². The Balaban J connectivity index is 1.49. The zero-order valence-electron chi connectivity index (χ0n) is 18.2. The van der Waals surface area contributed by atoms with Crippen LogP contribution < -0.4 is 10.1 Å². The third-order valence-corrected chi connectivity index (χ3v) is 4.97. The van der Waals surface area contributed by atoms with Crippen molar-refractivity contribution in [3.63, 3.8) is 0 Å². The molecule has 11 heteroatoms. The van der Waals surface area contributed by atoms with E-state index in [4.69, 9.17) is 16.3 Å². The highest BCUT2D eigenvalue weighted by Gasteiger charge is 2.33. The Morgan fingerprint density at radius 2 is 1.85 bits per heavy atom. The van der Waals surface area contributed by atoms with E-state index in [0.29, 0.717) is 27.7 Å². The van der Waals surface area contributed by atoms with Crippen molar-refractivity contribution in [2.75, 3.05) is 5.32 Å². The summed E-state index contributed by atoms with van der Waals surface area (Å²) in [6, 6.07) is 7.82. The maximum atomic E-state index is 13.3. The van der Waals surface area contributed by atoms with Gasteiger partial charge in [0.2, 0.25) is 0 Å².